The number of fused-ring (bicyclic) bond motifs is 1. The van der Waals surface area contributed by atoms with E-state index in [4.69, 9.17) is 0 Å². The number of piperidine rings is 1. The van der Waals surface area contributed by atoms with Gasteiger partial charge in [0.15, 0.2) is 0 Å². The number of amides is 2. The minimum absolute atomic E-state index is 0.0186. The summed E-state index contributed by atoms with van der Waals surface area (Å²) in [5.74, 6) is 0.163. The number of carbonyl (C=O) groups excluding carboxylic acids is 2. The first kappa shape index (κ1) is 20.9. The maximum atomic E-state index is 13.3. The fraction of sp³-hybridized carbons (Fsp3) is 0.739. The summed E-state index contributed by atoms with van der Waals surface area (Å²) in [4.78, 5) is 30.3. The van der Waals surface area contributed by atoms with Crippen molar-refractivity contribution in [3.63, 3.8) is 0 Å². The van der Waals surface area contributed by atoms with Crippen LogP contribution >= 0.6 is 11.3 Å². The zero-order valence-corrected chi connectivity index (χ0v) is 18.2. The monoisotopic (exact) mass is 418 g/mol. The molecule has 3 aliphatic rings. The Labute approximate surface area is 177 Å². The van der Waals surface area contributed by atoms with Gasteiger partial charge in [-0.2, -0.15) is 0 Å². The van der Waals surface area contributed by atoms with Crippen LogP contribution in [0.25, 0.3) is 0 Å². The lowest BCUT2D eigenvalue weighted by atomic mass is 9.83. The van der Waals surface area contributed by atoms with E-state index in [0.717, 1.165) is 43.4 Å². The van der Waals surface area contributed by atoms with Gasteiger partial charge in [0.1, 0.15) is 0 Å². The van der Waals surface area contributed by atoms with Crippen molar-refractivity contribution in [2.45, 2.75) is 83.2 Å². The number of likely N-dealkylation sites (tertiary alicyclic amines) is 1. The van der Waals surface area contributed by atoms with E-state index in [1.54, 1.807) is 11.3 Å². The highest BCUT2D eigenvalue weighted by Crippen LogP contribution is 2.40. The molecule has 0 spiro atoms. The zero-order valence-electron chi connectivity index (χ0n) is 17.4. The quantitative estimate of drug-likeness (QED) is 0.784. The molecule has 0 atom stereocenters. The molecule has 2 aliphatic carbocycles. The van der Waals surface area contributed by atoms with Gasteiger partial charge in [-0.1, -0.05) is 25.7 Å². The fourth-order valence-corrected chi connectivity index (χ4v) is 6.39. The number of nitrogens with one attached hydrogen (secondary N) is 1. The first-order chi connectivity index (χ1) is 14.1. The summed E-state index contributed by atoms with van der Waals surface area (Å²) in [5, 5.41) is 12.9. The van der Waals surface area contributed by atoms with Crippen LogP contribution in [0.3, 0.4) is 0 Å². The van der Waals surface area contributed by atoms with Gasteiger partial charge in [0, 0.05) is 24.5 Å². The smallest absolute Gasteiger partial charge is 0.261 e. The summed E-state index contributed by atoms with van der Waals surface area (Å²) in [6, 6.07) is 2.09. The first-order valence-corrected chi connectivity index (χ1v) is 12.3. The molecule has 29 heavy (non-hydrogen) atoms. The van der Waals surface area contributed by atoms with Crippen LogP contribution in [0.2, 0.25) is 0 Å². The van der Waals surface area contributed by atoms with E-state index in [-0.39, 0.29) is 17.9 Å². The van der Waals surface area contributed by atoms with Gasteiger partial charge < -0.3 is 15.3 Å². The van der Waals surface area contributed by atoms with Crippen molar-refractivity contribution in [2.24, 2.45) is 5.41 Å². The zero-order chi connectivity index (χ0) is 20.3. The van der Waals surface area contributed by atoms with Crippen molar-refractivity contribution in [3.8, 4) is 0 Å². The second-order valence-corrected chi connectivity index (χ2v) is 10.3. The topological polar surface area (TPSA) is 69.6 Å². The molecule has 1 saturated heterocycles. The Bertz CT molecular complexity index is 705. The molecule has 1 aromatic heterocycles. The molecule has 5 nitrogen and oxygen atoms in total. The number of carbonyl (C=O) groups is 2. The number of aliphatic hydroxyl groups excluding tert-OH is 1. The summed E-state index contributed by atoms with van der Waals surface area (Å²) < 4.78 is 0. The van der Waals surface area contributed by atoms with Crippen molar-refractivity contribution in [3.05, 3.63) is 21.4 Å². The number of aliphatic hydroxyl groups is 1. The molecule has 2 N–H and O–H groups in total. The highest BCUT2D eigenvalue weighted by atomic mass is 32.1. The van der Waals surface area contributed by atoms with Crippen LogP contribution in [0.15, 0.2) is 6.07 Å². The van der Waals surface area contributed by atoms with Crippen LogP contribution in [0, 0.1) is 5.41 Å². The SMILES string of the molecule is O=C(NCC1(C(=O)N2CCC(O)CC2)CCCC1)c1cc2c(s1)CCCCCC2. The first-order valence-electron chi connectivity index (χ1n) is 11.4. The van der Waals surface area contributed by atoms with Gasteiger partial charge >= 0.3 is 0 Å². The summed E-state index contributed by atoms with van der Waals surface area (Å²) >= 11 is 1.65. The van der Waals surface area contributed by atoms with E-state index in [9.17, 15) is 14.7 Å². The molecule has 0 unspecified atom stereocenters. The second-order valence-electron chi connectivity index (χ2n) is 9.17. The van der Waals surface area contributed by atoms with E-state index in [2.05, 4.69) is 11.4 Å². The van der Waals surface area contributed by atoms with Gasteiger partial charge in [0.25, 0.3) is 5.91 Å². The predicted octanol–water partition coefficient (Wildman–Crippen LogP) is 3.68. The second kappa shape index (κ2) is 9.17. The van der Waals surface area contributed by atoms with Gasteiger partial charge in [0.2, 0.25) is 5.91 Å². The number of thiophene rings is 1. The third kappa shape index (κ3) is 4.69. The fourth-order valence-electron chi connectivity index (χ4n) is 5.22. The van der Waals surface area contributed by atoms with Gasteiger partial charge in [0.05, 0.1) is 16.4 Å². The lowest BCUT2D eigenvalue weighted by Gasteiger charge is -2.37. The molecule has 160 valence electrons. The van der Waals surface area contributed by atoms with Crippen molar-refractivity contribution >= 4 is 23.2 Å². The summed E-state index contributed by atoms with van der Waals surface area (Å²) in [7, 11) is 0. The molecule has 1 saturated carbocycles. The van der Waals surface area contributed by atoms with E-state index < -0.39 is 5.41 Å². The van der Waals surface area contributed by atoms with Gasteiger partial charge in [-0.3, -0.25) is 9.59 Å². The molecule has 2 fully saturated rings. The van der Waals surface area contributed by atoms with Crippen molar-refractivity contribution in [2.75, 3.05) is 19.6 Å². The highest BCUT2D eigenvalue weighted by molar-refractivity contribution is 7.14. The number of hydrogen-bond donors (Lipinski definition) is 2. The molecule has 0 aromatic carbocycles. The van der Waals surface area contributed by atoms with Gasteiger partial charge in [-0.25, -0.2) is 0 Å². The van der Waals surface area contributed by atoms with Gasteiger partial charge in [-0.05, 0) is 63.0 Å². The minimum atomic E-state index is -0.455. The standard InChI is InChI=1S/C23H34N2O3S/c26-18-9-13-25(14-10-18)22(28)23(11-5-6-12-23)16-24-21(27)20-15-17-7-3-1-2-4-8-19(17)29-20/h15,18,26H,1-14,16H2,(H,24,27). The number of hydrogen-bond acceptors (Lipinski definition) is 4. The maximum absolute atomic E-state index is 13.3. The van der Waals surface area contributed by atoms with Crippen LogP contribution in [0.1, 0.15) is 84.3 Å². The van der Waals surface area contributed by atoms with Crippen LogP contribution in [0.5, 0.6) is 0 Å². The number of rotatable bonds is 4. The maximum Gasteiger partial charge on any atom is 0.261 e. The summed E-state index contributed by atoms with van der Waals surface area (Å²) in [6.45, 7) is 1.70. The third-order valence-corrected chi connectivity index (χ3v) is 8.31. The lowest BCUT2D eigenvalue weighted by molar-refractivity contribution is -0.143. The molecule has 2 heterocycles. The predicted molar refractivity (Wildman–Crippen MR) is 115 cm³/mol. The summed E-state index contributed by atoms with van der Waals surface area (Å²) in [5.41, 5.74) is 0.905. The minimum Gasteiger partial charge on any atom is -0.393 e. The van der Waals surface area contributed by atoms with Crippen molar-refractivity contribution < 1.29 is 14.7 Å². The normalized spacial score (nSPS) is 22.6. The van der Waals surface area contributed by atoms with E-state index in [0.29, 0.717) is 32.5 Å². The van der Waals surface area contributed by atoms with E-state index in [1.165, 1.54) is 36.1 Å². The average Bonchev–Trinajstić information content (AvgIpc) is 3.34. The lowest BCUT2D eigenvalue weighted by Crippen LogP contribution is -2.51. The Balaban J connectivity index is 1.41. The molecule has 1 aromatic rings. The molecule has 0 bridgehead atoms. The molecule has 4 rings (SSSR count). The summed E-state index contributed by atoms with van der Waals surface area (Å²) in [6.07, 6.45) is 12.0. The van der Waals surface area contributed by atoms with Crippen LogP contribution in [-0.2, 0) is 17.6 Å². The van der Waals surface area contributed by atoms with Crippen molar-refractivity contribution in [1.29, 1.82) is 0 Å². The third-order valence-electron chi connectivity index (χ3n) is 7.07. The highest BCUT2D eigenvalue weighted by Gasteiger charge is 2.44. The number of aryl methyl sites for hydroxylation is 2. The Morgan fingerprint density at radius 2 is 1.76 bits per heavy atom. The molecular weight excluding hydrogens is 384 g/mol. The average molecular weight is 419 g/mol. The molecule has 2 amide bonds. The molecule has 1 aliphatic heterocycles. The van der Waals surface area contributed by atoms with Crippen molar-refractivity contribution in [1.82, 2.24) is 10.2 Å². The largest absolute Gasteiger partial charge is 0.393 e. The number of nitrogens with zero attached hydrogens (tertiary/aromatic N) is 1. The Hall–Kier alpha value is -1.40. The Morgan fingerprint density at radius 3 is 2.48 bits per heavy atom. The molecule has 6 heteroatoms. The molecular formula is C23H34N2O3S. The van der Waals surface area contributed by atoms with Crippen LogP contribution < -0.4 is 5.32 Å². The van der Waals surface area contributed by atoms with Gasteiger partial charge in [-0.15, -0.1) is 11.3 Å². The van der Waals surface area contributed by atoms with Crippen LogP contribution in [-0.4, -0.2) is 47.6 Å². The van der Waals surface area contributed by atoms with Crippen LogP contribution in [0.4, 0.5) is 0 Å². The Kier molecular flexibility index (Phi) is 6.60. The Morgan fingerprint density at radius 1 is 1.07 bits per heavy atom. The van der Waals surface area contributed by atoms with E-state index >= 15 is 0 Å². The molecule has 0 radical (unpaired) electrons. The van der Waals surface area contributed by atoms with E-state index in [1.807, 2.05) is 4.90 Å².